The van der Waals surface area contributed by atoms with Crippen LogP contribution in [0.15, 0.2) is 59.6 Å². The molecule has 6 unspecified atom stereocenters. The van der Waals surface area contributed by atoms with Crippen LogP contribution in [0.3, 0.4) is 0 Å². The SMILES string of the molecule is CCC(COCC(C)OCC(C)NCc1ccc(COC(C)=O)o1)(COCC(C)OC(=O)C(C)N=Cc1ccc(COC(C)=O)o1)COCC(C)OC(=O)C(C)N=Cc1ccc(COC(C)=O)o1. The minimum Gasteiger partial charge on any atom is -0.461 e. The third kappa shape index (κ3) is 22.9. The molecule has 0 amide bonds. The molecule has 0 aliphatic rings. The molecule has 6 atom stereocenters. The third-order valence-electron chi connectivity index (χ3n) is 9.79. The highest BCUT2D eigenvalue weighted by Gasteiger charge is 2.31. The maximum absolute atomic E-state index is 12.9. The molecule has 0 bridgehead atoms. The van der Waals surface area contributed by atoms with Gasteiger partial charge in [-0.3, -0.25) is 24.4 Å². The summed E-state index contributed by atoms with van der Waals surface area (Å²) < 4.78 is 67.5. The molecular weight excluding hydrogens is 891 g/mol. The molecule has 378 valence electrons. The zero-order valence-corrected chi connectivity index (χ0v) is 40.9. The van der Waals surface area contributed by atoms with Crippen LogP contribution in [-0.4, -0.2) is 125 Å². The van der Waals surface area contributed by atoms with Gasteiger partial charge in [-0.2, -0.15) is 0 Å². The fraction of sp³-hybridized carbons (Fsp3) is 0.604. The predicted octanol–water partition coefficient (Wildman–Crippen LogP) is 5.86. The summed E-state index contributed by atoms with van der Waals surface area (Å²) in [7, 11) is 0. The van der Waals surface area contributed by atoms with Crippen molar-refractivity contribution in [1.82, 2.24) is 5.32 Å². The summed E-state index contributed by atoms with van der Waals surface area (Å²) in [4.78, 5) is 67.5. The van der Waals surface area contributed by atoms with Gasteiger partial charge in [0.05, 0.1) is 71.3 Å². The molecule has 0 fully saturated rings. The highest BCUT2D eigenvalue weighted by molar-refractivity contribution is 5.82. The van der Waals surface area contributed by atoms with Gasteiger partial charge in [-0.1, -0.05) is 6.92 Å². The number of esters is 5. The van der Waals surface area contributed by atoms with Crippen LogP contribution in [-0.2, 0) is 93.0 Å². The molecule has 0 spiro atoms. The van der Waals surface area contributed by atoms with Gasteiger partial charge in [0.25, 0.3) is 0 Å². The van der Waals surface area contributed by atoms with Gasteiger partial charge in [0.15, 0.2) is 0 Å². The van der Waals surface area contributed by atoms with Gasteiger partial charge >= 0.3 is 29.8 Å². The van der Waals surface area contributed by atoms with E-state index < -0.39 is 53.6 Å². The zero-order chi connectivity index (χ0) is 50.1. The number of aliphatic imine (C=N–C) groups is 2. The van der Waals surface area contributed by atoms with Crippen molar-refractivity contribution < 1.29 is 79.9 Å². The lowest BCUT2D eigenvalue weighted by molar-refractivity contribution is -0.156. The molecule has 20 nitrogen and oxygen atoms in total. The minimum atomic E-state index is -0.835. The third-order valence-corrected chi connectivity index (χ3v) is 9.79. The van der Waals surface area contributed by atoms with Crippen LogP contribution < -0.4 is 5.32 Å². The maximum Gasteiger partial charge on any atom is 0.330 e. The summed E-state index contributed by atoms with van der Waals surface area (Å²) in [6, 6.07) is 8.51. The van der Waals surface area contributed by atoms with Crippen LogP contribution in [0.2, 0.25) is 0 Å². The first kappa shape index (κ1) is 56.7. The second-order valence-electron chi connectivity index (χ2n) is 16.5. The van der Waals surface area contributed by atoms with Crippen molar-refractivity contribution in [2.24, 2.45) is 15.4 Å². The number of nitrogens with one attached hydrogen (secondary N) is 1. The zero-order valence-electron chi connectivity index (χ0n) is 40.9. The number of nitrogens with zero attached hydrogens (tertiary/aromatic N) is 2. The Bertz CT molecular complexity index is 1960. The molecule has 0 aromatic carbocycles. The average Bonchev–Trinajstić information content (AvgIpc) is 4.08. The molecule has 0 aliphatic heterocycles. The lowest BCUT2D eigenvalue weighted by atomic mass is 9.88. The van der Waals surface area contributed by atoms with E-state index in [0.29, 0.717) is 54.1 Å². The molecule has 20 heteroatoms. The molecule has 68 heavy (non-hydrogen) atoms. The Morgan fingerprint density at radius 2 is 0.971 bits per heavy atom. The standard InChI is InChI=1S/C48H69N3O17/c1-11-48(28-57-22-32(3)60-21-31(2)49-18-40-12-15-43(66-40)25-61-37(8)52,29-58-23-33(4)64-46(55)35(6)50-19-41-13-16-44(67-41)26-62-38(9)53)30-59-24-34(5)65-47(56)36(7)51-20-42-14-17-45(68-42)27-63-39(10)54/h12-17,19-20,31-36,49H,11,18,21-30H2,1-10H3. The maximum atomic E-state index is 12.9. The Labute approximate surface area is 397 Å². The summed E-state index contributed by atoms with van der Waals surface area (Å²) >= 11 is 0. The van der Waals surface area contributed by atoms with Crippen molar-refractivity contribution in [1.29, 1.82) is 0 Å². The average molecular weight is 960 g/mol. The van der Waals surface area contributed by atoms with Crippen molar-refractivity contribution in [2.45, 2.75) is 138 Å². The normalized spacial score (nSPS) is 15.3. The van der Waals surface area contributed by atoms with E-state index in [-0.39, 0.29) is 77.6 Å². The van der Waals surface area contributed by atoms with E-state index in [2.05, 4.69) is 15.3 Å². The van der Waals surface area contributed by atoms with E-state index in [1.807, 2.05) is 26.8 Å². The number of ether oxygens (including phenoxy) is 9. The van der Waals surface area contributed by atoms with Gasteiger partial charge in [0.2, 0.25) is 0 Å². The number of hydrogen-bond donors (Lipinski definition) is 1. The van der Waals surface area contributed by atoms with Gasteiger partial charge in [0, 0.05) is 32.2 Å². The van der Waals surface area contributed by atoms with Crippen molar-refractivity contribution in [3.63, 3.8) is 0 Å². The van der Waals surface area contributed by atoms with E-state index in [4.69, 9.17) is 55.9 Å². The molecule has 3 aromatic heterocycles. The van der Waals surface area contributed by atoms with Crippen molar-refractivity contribution in [3.8, 4) is 0 Å². The predicted molar refractivity (Wildman–Crippen MR) is 245 cm³/mol. The van der Waals surface area contributed by atoms with E-state index in [9.17, 15) is 24.0 Å². The first-order valence-electron chi connectivity index (χ1n) is 22.6. The molecule has 3 aromatic rings. The molecule has 0 saturated carbocycles. The molecule has 3 rings (SSSR count). The smallest absolute Gasteiger partial charge is 0.330 e. The van der Waals surface area contributed by atoms with Gasteiger partial charge < -0.3 is 61.2 Å². The van der Waals surface area contributed by atoms with Gasteiger partial charge in [0.1, 0.15) is 78.7 Å². The lowest BCUT2D eigenvalue weighted by Crippen LogP contribution is -2.40. The fourth-order valence-corrected chi connectivity index (χ4v) is 5.80. The quantitative estimate of drug-likeness (QED) is 0.0426. The Kier molecular flexibility index (Phi) is 25.0. The van der Waals surface area contributed by atoms with Crippen LogP contribution in [0.1, 0.15) is 110 Å². The van der Waals surface area contributed by atoms with Crippen LogP contribution in [0, 0.1) is 5.41 Å². The second-order valence-corrected chi connectivity index (χ2v) is 16.5. The summed E-state index contributed by atoms with van der Waals surface area (Å²) in [5.41, 5.74) is -0.650. The number of carbonyl (C=O) groups excluding carboxylic acids is 5. The first-order chi connectivity index (χ1) is 32.3. The molecule has 0 saturated heterocycles. The Morgan fingerprint density at radius 3 is 1.40 bits per heavy atom. The molecule has 1 N–H and O–H groups in total. The molecule has 0 radical (unpaired) electrons. The van der Waals surface area contributed by atoms with Crippen LogP contribution in [0.4, 0.5) is 0 Å². The molecular formula is C48H69N3O17. The largest absolute Gasteiger partial charge is 0.461 e. The number of furan rings is 3. The Morgan fingerprint density at radius 1 is 0.574 bits per heavy atom. The summed E-state index contributed by atoms with van der Waals surface area (Å²) in [5.74, 6) is 0.555. The topological polar surface area (TPSA) is 245 Å². The van der Waals surface area contributed by atoms with Gasteiger partial charge in [-0.15, -0.1) is 0 Å². The number of hydrogen-bond acceptors (Lipinski definition) is 20. The van der Waals surface area contributed by atoms with E-state index in [1.54, 1.807) is 58.0 Å². The van der Waals surface area contributed by atoms with Crippen molar-refractivity contribution in [3.05, 3.63) is 71.0 Å². The minimum absolute atomic E-state index is 0.0111. The summed E-state index contributed by atoms with van der Waals surface area (Å²) in [6.07, 6.45) is 1.91. The van der Waals surface area contributed by atoms with E-state index in [0.717, 1.165) is 0 Å². The van der Waals surface area contributed by atoms with Gasteiger partial charge in [-0.05, 0) is 84.4 Å². The van der Waals surface area contributed by atoms with Gasteiger partial charge in [-0.25, -0.2) is 9.59 Å². The number of rotatable bonds is 33. The van der Waals surface area contributed by atoms with Crippen LogP contribution in [0.5, 0.6) is 0 Å². The number of carbonyl (C=O) groups is 5. The van der Waals surface area contributed by atoms with Crippen LogP contribution in [0.25, 0.3) is 0 Å². The molecule has 3 heterocycles. The van der Waals surface area contributed by atoms with E-state index >= 15 is 0 Å². The molecule has 0 aliphatic carbocycles. The highest BCUT2D eigenvalue weighted by Crippen LogP contribution is 2.25. The fourth-order valence-electron chi connectivity index (χ4n) is 5.80. The monoisotopic (exact) mass is 959 g/mol. The Balaban J connectivity index is 1.52. The van der Waals surface area contributed by atoms with E-state index in [1.165, 1.54) is 33.2 Å². The van der Waals surface area contributed by atoms with Crippen molar-refractivity contribution >= 4 is 42.3 Å². The summed E-state index contributed by atoms with van der Waals surface area (Å²) in [6.45, 7) is 18.4. The summed E-state index contributed by atoms with van der Waals surface area (Å²) in [5, 5.41) is 3.35. The second kappa shape index (κ2) is 30.0. The lowest BCUT2D eigenvalue weighted by Gasteiger charge is -2.33. The Hall–Kier alpha value is -5.67. The first-order valence-corrected chi connectivity index (χ1v) is 22.6. The highest BCUT2D eigenvalue weighted by atomic mass is 16.6. The van der Waals surface area contributed by atoms with Crippen LogP contribution >= 0.6 is 0 Å². The van der Waals surface area contributed by atoms with Crippen molar-refractivity contribution in [2.75, 3.05) is 46.2 Å².